The van der Waals surface area contributed by atoms with Crippen LogP contribution in [0.25, 0.3) is 0 Å². The molecule has 0 aromatic heterocycles. The van der Waals surface area contributed by atoms with Gasteiger partial charge in [-0.15, -0.1) is 0 Å². The molecule has 10 heteroatoms. The zero-order valence-corrected chi connectivity index (χ0v) is 19.1. The van der Waals surface area contributed by atoms with Crippen LogP contribution in [0.5, 0.6) is 5.75 Å². The summed E-state index contributed by atoms with van der Waals surface area (Å²) in [6.45, 7) is 9.33. The lowest BCUT2D eigenvalue weighted by atomic mass is 10.1. The molecule has 0 radical (unpaired) electrons. The van der Waals surface area contributed by atoms with Gasteiger partial charge >= 0.3 is 6.09 Å². The summed E-state index contributed by atoms with van der Waals surface area (Å²) < 4.78 is 27.6. The second kappa shape index (κ2) is 13.2. The summed E-state index contributed by atoms with van der Waals surface area (Å²) in [5, 5.41) is 10.7. The maximum absolute atomic E-state index is 12.1. The van der Waals surface area contributed by atoms with Gasteiger partial charge in [-0.3, -0.25) is 10.1 Å². The van der Waals surface area contributed by atoms with Gasteiger partial charge in [0.2, 0.25) is 0 Å². The number of non-ortho nitro benzene ring substituents is 1. The second-order valence-corrected chi connectivity index (χ2v) is 8.37. The minimum atomic E-state index is -0.483. The molecule has 0 bridgehead atoms. The first-order valence-electron chi connectivity index (χ1n) is 10.9. The van der Waals surface area contributed by atoms with Crippen LogP contribution in [0.3, 0.4) is 0 Å². The lowest BCUT2D eigenvalue weighted by Crippen LogP contribution is -2.43. The molecule has 1 amide bonds. The molecule has 0 unspecified atom stereocenters. The predicted octanol–water partition coefficient (Wildman–Crippen LogP) is 3.42. The van der Waals surface area contributed by atoms with Crippen molar-refractivity contribution in [1.29, 1.82) is 0 Å². The molecule has 1 aliphatic heterocycles. The molecule has 0 atom stereocenters. The number of rotatable bonds is 12. The quantitative estimate of drug-likeness (QED) is 0.268. The molecule has 0 saturated carbocycles. The van der Waals surface area contributed by atoms with Gasteiger partial charge in [0.25, 0.3) is 5.69 Å². The zero-order valence-electron chi connectivity index (χ0n) is 19.1. The van der Waals surface area contributed by atoms with E-state index in [4.69, 9.17) is 23.7 Å². The number of carbonyl (C=O) groups excluding carboxylic acids is 1. The number of amides is 1. The molecule has 10 nitrogen and oxygen atoms in total. The standard InChI is InChI=1S/C22H34N2O8/c1-22(2,3)32-21(25)23-9-7-19(8-10-23)30-15-13-28-11-12-29-14-16-31-20-6-4-5-18(17-20)24(26)27/h4-6,17,19H,7-16H2,1-3H3. The number of nitro groups is 1. The molecule has 180 valence electrons. The first-order chi connectivity index (χ1) is 15.2. The normalized spacial score (nSPS) is 14.9. The predicted molar refractivity (Wildman–Crippen MR) is 117 cm³/mol. The van der Waals surface area contributed by atoms with E-state index in [2.05, 4.69) is 0 Å². The van der Waals surface area contributed by atoms with E-state index in [-0.39, 0.29) is 17.9 Å². The van der Waals surface area contributed by atoms with Gasteiger partial charge in [-0.1, -0.05) is 6.07 Å². The molecule has 1 aliphatic rings. The number of carbonyl (C=O) groups is 1. The summed E-state index contributed by atoms with van der Waals surface area (Å²) >= 11 is 0. The van der Waals surface area contributed by atoms with Gasteiger partial charge in [0.15, 0.2) is 0 Å². The van der Waals surface area contributed by atoms with Gasteiger partial charge in [-0.2, -0.15) is 0 Å². The summed E-state index contributed by atoms with van der Waals surface area (Å²) in [6.07, 6.45) is 1.43. The van der Waals surface area contributed by atoms with E-state index < -0.39 is 10.5 Å². The largest absolute Gasteiger partial charge is 0.491 e. The molecule has 1 aromatic carbocycles. The topological polar surface area (TPSA) is 110 Å². The van der Waals surface area contributed by atoms with Gasteiger partial charge in [-0.05, 0) is 39.7 Å². The minimum absolute atomic E-state index is 0.00682. The van der Waals surface area contributed by atoms with Crippen LogP contribution in [0.15, 0.2) is 24.3 Å². The van der Waals surface area contributed by atoms with Crippen LogP contribution >= 0.6 is 0 Å². The number of hydrogen-bond donors (Lipinski definition) is 0. The maximum atomic E-state index is 12.1. The molecule has 1 heterocycles. The number of likely N-dealkylation sites (tertiary alicyclic amines) is 1. The van der Waals surface area contributed by atoms with Crippen LogP contribution in [-0.4, -0.2) is 80.4 Å². The smallest absolute Gasteiger partial charge is 0.410 e. The van der Waals surface area contributed by atoms with Crippen LogP contribution in [0.1, 0.15) is 33.6 Å². The van der Waals surface area contributed by atoms with E-state index in [1.165, 1.54) is 12.1 Å². The van der Waals surface area contributed by atoms with E-state index in [9.17, 15) is 14.9 Å². The van der Waals surface area contributed by atoms with Crippen LogP contribution < -0.4 is 4.74 Å². The average Bonchev–Trinajstić information content (AvgIpc) is 2.74. The SMILES string of the molecule is CC(C)(C)OC(=O)N1CCC(OCCOCCOCCOc2cccc([N+](=O)[O-])c2)CC1. The number of nitrogens with zero attached hydrogens (tertiary/aromatic N) is 2. The van der Waals surface area contributed by atoms with Crippen molar-refractivity contribution in [3.05, 3.63) is 34.4 Å². The molecule has 1 fully saturated rings. The molecule has 32 heavy (non-hydrogen) atoms. The summed E-state index contributed by atoms with van der Waals surface area (Å²) in [4.78, 5) is 24.0. The van der Waals surface area contributed by atoms with Crippen molar-refractivity contribution in [2.75, 3.05) is 52.7 Å². The Kier molecular flexibility index (Phi) is 10.6. The Morgan fingerprint density at radius 3 is 2.31 bits per heavy atom. The Morgan fingerprint density at radius 1 is 1.06 bits per heavy atom. The summed E-state index contributed by atoms with van der Waals surface area (Å²) in [6, 6.07) is 6.04. The second-order valence-electron chi connectivity index (χ2n) is 8.37. The third-order valence-electron chi connectivity index (χ3n) is 4.57. The fraction of sp³-hybridized carbons (Fsp3) is 0.682. The van der Waals surface area contributed by atoms with Crippen LogP contribution in [0.2, 0.25) is 0 Å². The van der Waals surface area contributed by atoms with Gasteiger partial charge < -0.3 is 28.6 Å². The lowest BCUT2D eigenvalue weighted by Gasteiger charge is -2.33. The van der Waals surface area contributed by atoms with E-state index in [0.29, 0.717) is 58.5 Å². The van der Waals surface area contributed by atoms with Gasteiger partial charge in [0.05, 0.1) is 50.1 Å². The van der Waals surface area contributed by atoms with Crippen molar-refractivity contribution >= 4 is 11.8 Å². The van der Waals surface area contributed by atoms with Crippen LogP contribution in [0, 0.1) is 10.1 Å². The van der Waals surface area contributed by atoms with Crippen molar-refractivity contribution in [3.8, 4) is 5.75 Å². The van der Waals surface area contributed by atoms with Gasteiger partial charge in [0, 0.05) is 19.2 Å². The van der Waals surface area contributed by atoms with Crippen molar-refractivity contribution in [1.82, 2.24) is 4.90 Å². The highest BCUT2D eigenvalue weighted by molar-refractivity contribution is 5.68. The van der Waals surface area contributed by atoms with Crippen molar-refractivity contribution in [2.45, 2.75) is 45.3 Å². The number of benzene rings is 1. The zero-order chi connectivity index (χ0) is 23.4. The van der Waals surface area contributed by atoms with E-state index in [1.54, 1.807) is 17.0 Å². The molecule has 0 spiro atoms. The fourth-order valence-electron chi connectivity index (χ4n) is 3.03. The monoisotopic (exact) mass is 454 g/mol. The molecule has 1 aromatic rings. The molecule has 1 saturated heterocycles. The Hall–Kier alpha value is -2.43. The lowest BCUT2D eigenvalue weighted by molar-refractivity contribution is -0.384. The Balaban J connectivity index is 1.43. The number of nitro benzene ring substituents is 1. The third-order valence-corrected chi connectivity index (χ3v) is 4.57. The Bertz CT molecular complexity index is 714. The Labute approximate surface area is 188 Å². The van der Waals surface area contributed by atoms with Crippen molar-refractivity contribution < 1.29 is 33.4 Å². The third kappa shape index (κ3) is 10.3. The molecular formula is C22H34N2O8. The summed E-state index contributed by atoms with van der Waals surface area (Å²) in [7, 11) is 0. The van der Waals surface area contributed by atoms with Crippen LogP contribution in [-0.2, 0) is 18.9 Å². The van der Waals surface area contributed by atoms with Crippen LogP contribution in [0.4, 0.5) is 10.5 Å². The van der Waals surface area contributed by atoms with Crippen molar-refractivity contribution in [3.63, 3.8) is 0 Å². The van der Waals surface area contributed by atoms with E-state index >= 15 is 0 Å². The minimum Gasteiger partial charge on any atom is -0.491 e. The fourth-order valence-corrected chi connectivity index (χ4v) is 3.03. The highest BCUT2D eigenvalue weighted by Gasteiger charge is 2.27. The first-order valence-corrected chi connectivity index (χ1v) is 10.9. The molecule has 0 aliphatic carbocycles. The summed E-state index contributed by atoms with van der Waals surface area (Å²) in [5.74, 6) is 0.438. The van der Waals surface area contributed by atoms with Gasteiger partial charge in [-0.25, -0.2) is 4.79 Å². The molecule has 0 N–H and O–H groups in total. The van der Waals surface area contributed by atoms with E-state index in [0.717, 1.165) is 12.8 Å². The highest BCUT2D eigenvalue weighted by Crippen LogP contribution is 2.19. The molecular weight excluding hydrogens is 420 g/mol. The average molecular weight is 455 g/mol. The van der Waals surface area contributed by atoms with Gasteiger partial charge in [0.1, 0.15) is 18.0 Å². The number of ether oxygens (including phenoxy) is 5. The first kappa shape index (κ1) is 25.8. The maximum Gasteiger partial charge on any atom is 0.410 e. The molecule has 2 rings (SSSR count). The number of piperidine rings is 1. The van der Waals surface area contributed by atoms with E-state index in [1.807, 2.05) is 20.8 Å². The van der Waals surface area contributed by atoms with Crippen molar-refractivity contribution in [2.24, 2.45) is 0 Å². The Morgan fingerprint density at radius 2 is 1.69 bits per heavy atom. The summed E-state index contributed by atoms with van der Waals surface area (Å²) in [5.41, 5.74) is -0.489. The number of hydrogen-bond acceptors (Lipinski definition) is 8. The highest BCUT2D eigenvalue weighted by atomic mass is 16.6.